The molecule has 0 unspecified atom stereocenters. The number of pyridine rings is 1. The Morgan fingerprint density at radius 3 is 2.71 bits per heavy atom. The van der Waals surface area contributed by atoms with E-state index in [-0.39, 0.29) is 0 Å². The van der Waals surface area contributed by atoms with Crippen LogP contribution in [0.2, 0.25) is 0 Å². The van der Waals surface area contributed by atoms with Gasteiger partial charge in [0.15, 0.2) is 0 Å². The van der Waals surface area contributed by atoms with Gasteiger partial charge in [-0.05, 0) is 30.5 Å². The monoisotopic (exact) mass is 302 g/mol. The van der Waals surface area contributed by atoms with E-state index in [0.717, 1.165) is 29.2 Å². The van der Waals surface area contributed by atoms with Crippen LogP contribution in [0.3, 0.4) is 0 Å². The molecular formula is C16H18N2O2S. The van der Waals surface area contributed by atoms with Crippen LogP contribution in [0.1, 0.15) is 16.1 Å². The molecule has 5 heteroatoms. The summed E-state index contributed by atoms with van der Waals surface area (Å²) in [5.74, 6) is -0.889. The van der Waals surface area contributed by atoms with Gasteiger partial charge in [-0.25, -0.2) is 4.79 Å². The number of thioether (sulfide) groups is 1. The van der Waals surface area contributed by atoms with Crippen molar-refractivity contribution in [1.29, 1.82) is 0 Å². The van der Waals surface area contributed by atoms with Gasteiger partial charge in [0, 0.05) is 36.8 Å². The summed E-state index contributed by atoms with van der Waals surface area (Å²) in [5, 5.41) is 9.46. The number of rotatable bonds is 6. The number of benzene rings is 1. The van der Waals surface area contributed by atoms with E-state index >= 15 is 0 Å². The number of anilines is 1. The first-order valence-corrected chi connectivity index (χ1v) is 7.87. The largest absolute Gasteiger partial charge is 0.478 e. The Balaban J connectivity index is 2.19. The maximum atomic E-state index is 11.5. The summed E-state index contributed by atoms with van der Waals surface area (Å²) in [6, 6.07) is 11.4. The Labute approximate surface area is 128 Å². The number of carboxylic acids is 1. The third kappa shape index (κ3) is 3.76. The highest BCUT2D eigenvalue weighted by molar-refractivity contribution is 7.98. The highest BCUT2D eigenvalue weighted by Gasteiger charge is 2.17. The van der Waals surface area contributed by atoms with E-state index in [1.54, 1.807) is 6.20 Å². The van der Waals surface area contributed by atoms with Crippen molar-refractivity contribution in [3.63, 3.8) is 0 Å². The molecule has 0 bridgehead atoms. The summed E-state index contributed by atoms with van der Waals surface area (Å²) in [6.07, 6.45) is 4.44. The number of aromatic nitrogens is 1. The van der Waals surface area contributed by atoms with Crippen LogP contribution in [0.15, 0.2) is 47.5 Å². The molecule has 0 saturated heterocycles. The Morgan fingerprint density at radius 1 is 1.29 bits per heavy atom. The van der Waals surface area contributed by atoms with Crippen LogP contribution in [0.5, 0.6) is 0 Å². The van der Waals surface area contributed by atoms with Gasteiger partial charge >= 0.3 is 5.97 Å². The Bertz CT molecular complexity index is 617. The van der Waals surface area contributed by atoms with Crippen LogP contribution in [-0.2, 0) is 6.42 Å². The molecule has 0 radical (unpaired) electrons. The zero-order chi connectivity index (χ0) is 15.2. The first-order valence-electron chi connectivity index (χ1n) is 6.65. The number of carboxylic acid groups (broad SMARTS) is 1. The maximum Gasteiger partial charge on any atom is 0.338 e. The molecule has 0 amide bonds. The van der Waals surface area contributed by atoms with Crippen molar-refractivity contribution in [2.75, 3.05) is 24.7 Å². The van der Waals surface area contributed by atoms with Gasteiger partial charge in [-0.15, -0.1) is 11.8 Å². The molecule has 1 aromatic carbocycles. The predicted molar refractivity (Wildman–Crippen MR) is 86.4 cm³/mol. The number of hydrogen-bond acceptors (Lipinski definition) is 4. The lowest BCUT2D eigenvalue weighted by Crippen LogP contribution is -2.23. The number of likely N-dealkylation sites (N-methyl/N-ethyl adjacent to an activating group) is 1. The van der Waals surface area contributed by atoms with Gasteiger partial charge in [-0.3, -0.25) is 4.98 Å². The number of nitrogens with zero attached hydrogens (tertiary/aromatic N) is 2. The Hall–Kier alpha value is -2.01. The van der Waals surface area contributed by atoms with Crippen LogP contribution < -0.4 is 4.90 Å². The highest BCUT2D eigenvalue weighted by Crippen LogP contribution is 2.29. The van der Waals surface area contributed by atoms with Crippen LogP contribution in [0, 0.1) is 0 Å². The molecule has 0 fully saturated rings. The van der Waals surface area contributed by atoms with Crippen LogP contribution in [-0.4, -0.2) is 35.9 Å². The second-order valence-electron chi connectivity index (χ2n) is 4.65. The lowest BCUT2D eigenvalue weighted by Gasteiger charge is -2.22. The third-order valence-electron chi connectivity index (χ3n) is 3.28. The molecule has 0 spiro atoms. The van der Waals surface area contributed by atoms with Crippen LogP contribution in [0.4, 0.5) is 5.69 Å². The average Bonchev–Trinajstić information content (AvgIpc) is 2.52. The summed E-state index contributed by atoms with van der Waals surface area (Å²) in [7, 11) is 1.91. The first-order chi connectivity index (χ1) is 10.1. The van der Waals surface area contributed by atoms with Crippen molar-refractivity contribution >= 4 is 23.4 Å². The zero-order valence-corrected chi connectivity index (χ0v) is 12.9. The number of carbonyl (C=O) groups is 1. The van der Waals surface area contributed by atoms with Crippen molar-refractivity contribution < 1.29 is 9.90 Å². The van der Waals surface area contributed by atoms with Crippen molar-refractivity contribution in [1.82, 2.24) is 4.98 Å². The molecule has 0 aliphatic rings. The lowest BCUT2D eigenvalue weighted by atomic mass is 10.1. The molecule has 2 aromatic rings. The Kier molecular flexibility index (Phi) is 5.22. The normalized spacial score (nSPS) is 10.4. The molecule has 2 rings (SSSR count). The van der Waals surface area contributed by atoms with Crippen molar-refractivity contribution in [2.45, 2.75) is 11.3 Å². The lowest BCUT2D eigenvalue weighted by molar-refractivity contribution is 0.0694. The molecule has 0 aliphatic heterocycles. The van der Waals surface area contributed by atoms with E-state index in [1.807, 2.05) is 54.6 Å². The Morgan fingerprint density at radius 2 is 2.10 bits per heavy atom. The number of hydrogen-bond donors (Lipinski definition) is 1. The molecule has 0 atom stereocenters. The average molecular weight is 302 g/mol. The summed E-state index contributed by atoms with van der Waals surface area (Å²) in [5.41, 5.74) is 2.11. The third-order valence-corrected chi connectivity index (χ3v) is 4.06. The fourth-order valence-electron chi connectivity index (χ4n) is 2.17. The van der Waals surface area contributed by atoms with Crippen LogP contribution >= 0.6 is 11.8 Å². The molecule has 1 heterocycles. The predicted octanol–water partition coefficient (Wildman–Crippen LogP) is 3.18. The van der Waals surface area contributed by atoms with Gasteiger partial charge in [-0.1, -0.05) is 12.1 Å². The van der Waals surface area contributed by atoms with Gasteiger partial charge in [0.1, 0.15) is 0 Å². The smallest absolute Gasteiger partial charge is 0.338 e. The van der Waals surface area contributed by atoms with E-state index in [2.05, 4.69) is 4.98 Å². The molecule has 1 aromatic heterocycles. The van der Waals surface area contributed by atoms with E-state index in [1.165, 1.54) is 11.8 Å². The molecule has 110 valence electrons. The molecule has 1 N–H and O–H groups in total. The van der Waals surface area contributed by atoms with E-state index < -0.39 is 5.97 Å². The summed E-state index contributed by atoms with van der Waals surface area (Å²) in [4.78, 5) is 18.6. The second-order valence-corrected chi connectivity index (χ2v) is 5.50. The van der Waals surface area contributed by atoms with Gasteiger partial charge < -0.3 is 10.0 Å². The molecule has 4 nitrogen and oxygen atoms in total. The van der Waals surface area contributed by atoms with Gasteiger partial charge in [-0.2, -0.15) is 0 Å². The molecule has 0 saturated carbocycles. The fourth-order valence-corrected chi connectivity index (χ4v) is 2.78. The zero-order valence-electron chi connectivity index (χ0n) is 12.1. The van der Waals surface area contributed by atoms with Gasteiger partial charge in [0.25, 0.3) is 0 Å². The number of aromatic carboxylic acids is 1. The summed E-state index contributed by atoms with van der Waals surface area (Å²) >= 11 is 1.45. The van der Waals surface area contributed by atoms with Gasteiger partial charge in [0.2, 0.25) is 0 Å². The standard InChI is InChI=1S/C16H18N2O2S/c1-18(11-9-12-6-3-4-10-17-12)13-7-5-8-14(21-2)15(13)16(19)20/h3-8,10H,9,11H2,1-2H3,(H,19,20). The molecule has 0 aliphatic carbocycles. The quantitative estimate of drug-likeness (QED) is 0.831. The first kappa shape index (κ1) is 15.4. The summed E-state index contributed by atoms with van der Waals surface area (Å²) in [6.45, 7) is 0.717. The van der Waals surface area contributed by atoms with Crippen molar-refractivity contribution in [3.05, 3.63) is 53.9 Å². The minimum Gasteiger partial charge on any atom is -0.478 e. The van der Waals surface area contributed by atoms with Crippen LogP contribution in [0.25, 0.3) is 0 Å². The minimum absolute atomic E-state index is 0.369. The van der Waals surface area contributed by atoms with Gasteiger partial charge in [0.05, 0.1) is 11.3 Å². The summed E-state index contributed by atoms with van der Waals surface area (Å²) < 4.78 is 0. The molecule has 21 heavy (non-hydrogen) atoms. The minimum atomic E-state index is -0.889. The highest BCUT2D eigenvalue weighted by atomic mass is 32.2. The van der Waals surface area contributed by atoms with E-state index in [0.29, 0.717) is 5.56 Å². The fraction of sp³-hybridized carbons (Fsp3) is 0.250. The second kappa shape index (κ2) is 7.13. The SMILES string of the molecule is CSc1cccc(N(C)CCc2ccccn2)c1C(=O)O. The van der Waals surface area contributed by atoms with Crippen molar-refractivity contribution in [2.24, 2.45) is 0 Å². The maximum absolute atomic E-state index is 11.5. The topological polar surface area (TPSA) is 53.4 Å². The van der Waals surface area contributed by atoms with E-state index in [9.17, 15) is 9.90 Å². The van der Waals surface area contributed by atoms with Crippen molar-refractivity contribution in [3.8, 4) is 0 Å². The molecular weight excluding hydrogens is 284 g/mol. The van der Waals surface area contributed by atoms with E-state index in [4.69, 9.17) is 0 Å².